The zero-order valence-electron chi connectivity index (χ0n) is 12.6. The van der Waals surface area contributed by atoms with E-state index < -0.39 is 0 Å². The summed E-state index contributed by atoms with van der Waals surface area (Å²) in [6.07, 6.45) is 4.67. The first kappa shape index (κ1) is 15.9. The summed E-state index contributed by atoms with van der Waals surface area (Å²) < 4.78 is 0. The van der Waals surface area contributed by atoms with Gasteiger partial charge in [0.25, 0.3) is 0 Å². The Morgan fingerprint density at radius 3 is 2.76 bits per heavy atom. The second-order valence-corrected chi connectivity index (χ2v) is 6.47. The van der Waals surface area contributed by atoms with E-state index in [1.165, 1.54) is 16.0 Å². The SMILES string of the molecule is C=CCSc1ccc(/C(C)=C/C2NNC(=O)CC2C)cc1. The molecule has 21 heavy (non-hydrogen) atoms. The average molecular weight is 302 g/mol. The maximum absolute atomic E-state index is 11.3. The first-order chi connectivity index (χ1) is 10.1. The van der Waals surface area contributed by atoms with E-state index >= 15 is 0 Å². The number of hydrogen-bond donors (Lipinski definition) is 2. The second-order valence-electron chi connectivity index (χ2n) is 5.37. The summed E-state index contributed by atoms with van der Waals surface area (Å²) >= 11 is 1.78. The van der Waals surface area contributed by atoms with Gasteiger partial charge >= 0.3 is 0 Å². The van der Waals surface area contributed by atoms with Crippen LogP contribution in [0.3, 0.4) is 0 Å². The Balaban J connectivity index is 2.04. The minimum absolute atomic E-state index is 0.0633. The van der Waals surface area contributed by atoms with Crippen molar-refractivity contribution in [2.45, 2.75) is 31.2 Å². The smallest absolute Gasteiger partial charge is 0.234 e. The van der Waals surface area contributed by atoms with Crippen LogP contribution in [0.5, 0.6) is 0 Å². The molecule has 2 rings (SSSR count). The number of nitrogens with one attached hydrogen (secondary N) is 2. The van der Waals surface area contributed by atoms with E-state index in [1.807, 2.05) is 6.08 Å². The molecule has 2 N–H and O–H groups in total. The lowest BCUT2D eigenvalue weighted by atomic mass is 9.93. The Morgan fingerprint density at radius 1 is 1.43 bits per heavy atom. The molecule has 0 bridgehead atoms. The third-order valence-corrected chi connectivity index (χ3v) is 4.61. The number of benzene rings is 1. The number of allylic oxidation sites excluding steroid dienone is 1. The molecule has 0 aromatic heterocycles. The first-order valence-corrected chi connectivity index (χ1v) is 8.15. The van der Waals surface area contributed by atoms with Crippen molar-refractivity contribution < 1.29 is 4.79 Å². The van der Waals surface area contributed by atoms with E-state index in [2.05, 4.69) is 61.6 Å². The van der Waals surface area contributed by atoms with Gasteiger partial charge in [-0.25, -0.2) is 5.43 Å². The third kappa shape index (κ3) is 4.48. The monoisotopic (exact) mass is 302 g/mol. The van der Waals surface area contributed by atoms with Gasteiger partial charge in [-0.05, 0) is 36.1 Å². The quantitative estimate of drug-likeness (QED) is 0.647. The van der Waals surface area contributed by atoms with Crippen molar-refractivity contribution in [3.05, 3.63) is 48.6 Å². The van der Waals surface area contributed by atoms with E-state index in [-0.39, 0.29) is 11.9 Å². The minimum atomic E-state index is 0.0633. The molecule has 1 heterocycles. The summed E-state index contributed by atoms with van der Waals surface area (Å²) in [4.78, 5) is 12.5. The van der Waals surface area contributed by atoms with Gasteiger partial charge in [0.1, 0.15) is 0 Å². The lowest BCUT2D eigenvalue weighted by Crippen LogP contribution is -2.52. The Kier molecular flexibility index (Phi) is 5.65. The molecule has 4 heteroatoms. The normalized spacial score (nSPS) is 22.8. The molecule has 1 aromatic rings. The van der Waals surface area contributed by atoms with Gasteiger partial charge in [-0.1, -0.05) is 31.2 Å². The van der Waals surface area contributed by atoms with Crippen molar-refractivity contribution in [3.8, 4) is 0 Å². The van der Waals surface area contributed by atoms with Crippen LogP contribution in [0.2, 0.25) is 0 Å². The Bertz CT molecular complexity index is 536. The number of hydrogen-bond acceptors (Lipinski definition) is 3. The fourth-order valence-corrected chi connectivity index (χ4v) is 2.96. The summed E-state index contributed by atoms with van der Waals surface area (Å²) in [7, 11) is 0. The predicted octanol–water partition coefficient (Wildman–Crippen LogP) is 3.40. The fraction of sp³-hybridized carbons (Fsp3) is 0.353. The van der Waals surface area contributed by atoms with Gasteiger partial charge in [0, 0.05) is 23.1 Å². The van der Waals surface area contributed by atoms with Crippen molar-refractivity contribution in [2.24, 2.45) is 5.92 Å². The molecule has 3 nitrogen and oxygen atoms in total. The Morgan fingerprint density at radius 2 is 2.14 bits per heavy atom. The largest absolute Gasteiger partial charge is 0.291 e. The molecule has 1 aliphatic rings. The number of rotatable bonds is 5. The molecule has 1 fully saturated rings. The molecule has 2 unspecified atom stereocenters. The van der Waals surface area contributed by atoms with Crippen LogP contribution in [-0.4, -0.2) is 17.7 Å². The van der Waals surface area contributed by atoms with Crippen molar-refractivity contribution in [2.75, 3.05) is 5.75 Å². The van der Waals surface area contributed by atoms with Crippen LogP contribution in [0.4, 0.5) is 0 Å². The van der Waals surface area contributed by atoms with Crippen LogP contribution in [0.1, 0.15) is 25.8 Å². The predicted molar refractivity (Wildman–Crippen MR) is 89.9 cm³/mol. The van der Waals surface area contributed by atoms with Gasteiger partial charge in [-0.2, -0.15) is 0 Å². The van der Waals surface area contributed by atoms with E-state index in [1.54, 1.807) is 11.8 Å². The number of carbonyl (C=O) groups excluding carboxylic acids is 1. The number of carbonyl (C=O) groups is 1. The molecular formula is C17H22N2OS. The summed E-state index contributed by atoms with van der Waals surface area (Å²) in [5.41, 5.74) is 8.20. The average Bonchev–Trinajstić information content (AvgIpc) is 2.48. The highest BCUT2D eigenvalue weighted by Crippen LogP contribution is 2.23. The molecule has 1 saturated heterocycles. The number of amides is 1. The van der Waals surface area contributed by atoms with Gasteiger partial charge < -0.3 is 0 Å². The minimum Gasteiger partial charge on any atom is -0.291 e. The number of hydrazine groups is 1. The van der Waals surface area contributed by atoms with Gasteiger partial charge in [0.05, 0.1) is 0 Å². The van der Waals surface area contributed by atoms with Crippen molar-refractivity contribution in [3.63, 3.8) is 0 Å². The Hall–Kier alpha value is -1.52. The summed E-state index contributed by atoms with van der Waals surface area (Å²) in [6, 6.07) is 8.74. The third-order valence-electron chi connectivity index (χ3n) is 3.61. The van der Waals surface area contributed by atoms with Crippen LogP contribution in [0.15, 0.2) is 47.9 Å². The topological polar surface area (TPSA) is 41.1 Å². The fourth-order valence-electron chi connectivity index (χ4n) is 2.32. The molecule has 1 aliphatic heterocycles. The van der Waals surface area contributed by atoms with Gasteiger partial charge in [-0.3, -0.25) is 10.2 Å². The highest BCUT2D eigenvalue weighted by atomic mass is 32.2. The molecule has 0 saturated carbocycles. The molecule has 0 radical (unpaired) electrons. The molecule has 1 aromatic carbocycles. The van der Waals surface area contributed by atoms with Gasteiger partial charge in [0.15, 0.2) is 0 Å². The van der Waals surface area contributed by atoms with Crippen LogP contribution < -0.4 is 10.9 Å². The first-order valence-electron chi connectivity index (χ1n) is 7.17. The van der Waals surface area contributed by atoms with Gasteiger partial charge in [-0.15, -0.1) is 18.3 Å². The van der Waals surface area contributed by atoms with E-state index in [4.69, 9.17) is 0 Å². The van der Waals surface area contributed by atoms with Crippen molar-refractivity contribution in [1.29, 1.82) is 0 Å². The lowest BCUT2D eigenvalue weighted by molar-refractivity contribution is -0.125. The second kappa shape index (κ2) is 7.48. The van der Waals surface area contributed by atoms with Crippen molar-refractivity contribution >= 4 is 23.2 Å². The summed E-state index contributed by atoms with van der Waals surface area (Å²) in [5.74, 6) is 1.29. The van der Waals surface area contributed by atoms with Crippen LogP contribution in [0, 0.1) is 5.92 Å². The standard InChI is InChI=1S/C17H22N2OS/c1-4-9-21-15-7-5-14(6-8-15)12(2)10-16-13(3)11-17(20)19-18-16/h4-8,10,13,16,18H,1,9,11H2,2-3H3,(H,19,20)/b12-10+. The molecular weight excluding hydrogens is 280 g/mol. The summed E-state index contributed by atoms with van der Waals surface area (Å²) in [6.45, 7) is 7.93. The molecule has 2 atom stereocenters. The molecule has 112 valence electrons. The number of thioether (sulfide) groups is 1. The van der Waals surface area contributed by atoms with Crippen LogP contribution in [-0.2, 0) is 4.79 Å². The van der Waals surface area contributed by atoms with Crippen LogP contribution >= 0.6 is 11.8 Å². The van der Waals surface area contributed by atoms with E-state index in [0.717, 1.165) is 5.75 Å². The lowest BCUT2D eigenvalue weighted by Gasteiger charge is -2.28. The Labute approximate surface area is 130 Å². The zero-order valence-corrected chi connectivity index (χ0v) is 13.4. The van der Waals surface area contributed by atoms with Gasteiger partial charge in [0.2, 0.25) is 5.91 Å². The maximum Gasteiger partial charge on any atom is 0.234 e. The highest BCUT2D eigenvalue weighted by molar-refractivity contribution is 7.99. The molecule has 1 amide bonds. The summed E-state index contributed by atoms with van der Waals surface area (Å²) in [5, 5.41) is 0. The van der Waals surface area contributed by atoms with E-state index in [9.17, 15) is 4.79 Å². The molecule has 0 aliphatic carbocycles. The van der Waals surface area contributed by atoms with Crippen molar-refractivity contribution in [1.82, 2.24) is 10.9 Å². The van der Waals surface area contributed by atoms with Crippen LogP contribution in [0.25, 0.3) is 5.57 Å². The van der Waals surface area contributed by atoms with E-state index in [0.29, 0.717) is 12.3 Å². The highest BCUT2D eigenvalue weighted by Gasteiger charge is 2.23. The maximum atomic E-state index is 11.3. The zero-order chi connectivity index (χ0) is 15.2. The molecule has 0 spiro atoms.